The summed E-state index contributed by atoms with van der Waals surface area (Å²) in [5.74, 6) is 0.468. The number of fused-ring (bicyclic) bond motifs is 1. The molecule has 0 radical (unpaired) electrons. The van der Waals surface area contributed by atoms with Gasteiger partial charge >= 0.3 is 11.9 Å². The van der Waals surface area contributed by atoms with Crippen molar-refractivity contribution in [3.63, 3.8) is 0 Å². The van der Waals surface area contributed by atoms with Gasteiger partial charge in [0.1, 0.15) is 22.8 Å². The summed E-state index contributed by atoms with van der Waals surface area (Å²) in [5.41, 5.74) is 4.76. The molecule has 4 heterocycles. The molecule has 0 bridgehead atoms. The lowest BCUT2D eigenvalue weighted by molar-refractivity contribution is -0.141. The third-order valence-electron chi connectivity index (χ3n) is 5.06. The molecule has 3 aromatic rings. The normalized spacial score (nSPS) is 15.9. The Balaban J connectivity index is 1.63. The number of likely N-dealkylation sites (N-methyl/N-ethyl adjacent to an activating group) is 1. The molecule has 0 aliphatic carbocycles. The first-order chi connectivity index (χ1) is 13.7. The molecule has 29 heavy (non-hydrogen) atoms. The van der Waals surface area contributed by atoms with Crippen LogP contribution in [-0.2, 0) is 12.7 Å². The van der Waals surface area contributed by atoms with Gasteiger partial charge < -0.3 is 20.5 Å². The van der Waals surface area contributed by atoms with Gasteiger partial charge in [0, 0.05) is 32.4 Å². The molecular weight excluding hydrogens is 387 g/mol. The summed E-state index contributed by atoms with van der Waals surface area (Å²) in [6, 6.07) is 4.51. The van der Waals surface area contributed by atoms with E-state index in [9.17, 15) is 18.0 Å². The number of piperazine rings is 1. The van der Waals surface area contributed by atoms with E-state index in [4.69, 9.17) is 5.73 Å². The molecule has 0 amide bonds. The van der Waals surface area contributed by atoms with Gasteiger partial charge in [-0.05, 0) is 24.7 Å². The van der Waals surface area contributed by atoms with Crippen LogP contribution < -0.4 is 16.3 Å². The summed E-state index contributed by atoms with van der Waals surface area (Å²) in [6.07, 6.45) is -3.03. The minimum atomic E-state index is -4.66. The number of anilines is 2. The van der Waals surface area contributed by atoms with Crippen LogP contribution in [-0.4, -0.2) is 57.6 Å². The van der Waals surface area contributed by atoms with Gasteiger partial charge in [-0.1, -0.05) is 6.07 Å². The highest BCUT2D eigenvalue weighted by Gasteiger charge is 2.34. The molecule has 0 saturated carbocycles. The van der Waals surface area contributed by atoms with Crippen LogP contribution in [0.3, 0.4) is 0 Å². The summed E-state index contributed by atoms with van der Waals surface area (Å²) in [6.45, 7) is 3.71. The molecular formula is C18H20F3N7O. The van der Waals surface area contributed by atoms with Crippen molar-refractivity contribution >= 4 is 22.7 Å². The molecule has 3 N–H and O–H groups in total. The molecule has 0 unspecified atom stereocenters. The van der Waals surface area contributed by atoms with Gasteiger partial charge in [0.25, 0.3) is 0 Å². The number of nitrogens with one attached hydrogen (secondary N) is 1. The molecule has 154 valence electrons. The molecule has 8 nitrogen and oxygen atoms in total. The topological polar surface area (TPSA) is 96.1 Å². The van der Waals surface area contributed by atoms with E-state index in [1.165, 1.54) is 4.57 Å². The molecule has 1 aliphatic rings. The molecule has 1 fully saturated rings. The number of H-pyrrole nitrogens is 1. The van der Waals surface area contributed by atoms with Gasteiger partial charge in [-0.3, -0.25) is 4.57 Å². The van der Waals surface area contributed by atoms with Crippen LogP contribution in [0, 0.1) is 0 Å². The summed E-state index contributed by atoms with van der Waals surface area (Å²) < 4.78 is 40.4. The second kappa shape index (κ2) is 7.07. The first kappa shape index (κ1) is 19.2. The van der Waals surface area contributed by atoms with E-state index in [0.29, 0.717) is 5.56 Å². The van der Waals surface area contributed by atoms with E-state index < -0.39 is 17.6 Å². The van der Waals surface area contributed by atoms with Crippen molar-refractivity contribution in [2.24, 2.45) is 0 Å². The second-order valence-electron chi connectivity index (χ2n) is 7.12. The Morgan fingerprint density at radius 1 is 1.21 bits per heavy atom. The lowest BCUT2D eigenvalue weighted by atomic mass is 10.2. The Morgan fingerprint density at radius 3 is 2.55 bits per heavy atom. The number of rotatable bonds is 3. The number of hydrogen-bond acceptors (Lipinski definition) is 6. The van der Waals surface area contributed by atoms with Gasteiger partial charge in [0.15, 0.2) is 0 Å². The van der Waals surface area contributed by atoms with Crippen LogP contribution in [0.2, 0.25) is 0 Å². The molecule has 0 aromatic carbocycles. The summed E-state index contributed by atoms with van der Waals surface area (Å²) in [7, 11) is 2.07. The van der Waals surface area contributed by atoms with E-state index in [0.717, 1.165) is 38.1 Å². The Morgan fingerprint density at radius 2 is 1.93 bits per heavy atom. The predicted molar refractivity (Wildman–Crippen MR) is 103 cm³/mol. The van der Waals surface area contributed by atoms with E-state index in [1.807, 2.05) is 12.1 Å². The van der Waals surface area contributed by atoms with Crippen LogP contribution in [0.15, 0.2) is 29.2 Å². The molecule has 0 spiro atoms. The van der Waals surface area contributed by atoms with Gasteiger partial charge in [-0.25, -0.2) is 14.8 Å². The number of halogens is 3. The number of pyridine rings is 2. The minimum Gasteiger partial charge on any atom is -0.382 e. The Kier molecular flexibility index (Phi) is 4.69. The minimum absolute atomic E-state index is 0.0537. The third kappa shape index (κ3) is 3.77. The zero-order valence-electron chi connectivity index (χ0n) is 15.7. The summed E-state index contributed by atoms with van der Waals surface area (Å²) in [5, 5.41) is 0. The van der Waals surface area contributed by atoms with E-state index in [1.54, 1.807) is 6.20 Å². The average molecular weight is 407 g/mol. The first-order valence-corrected chi connectivity index (χ1v) is 9.07. The van der Waals surface area contributed by atoms with Crippen molar-refractivity contribution in [1.29, 1.82) is 0 Å². The quantitative estimate of drug-likeness (QED) is 0.684. The highest BCUT2D eigenvalue weighted by atomic mass is 19.4. The maximum Gasteiger partial charge on any atom is 0.433 e. The smallest absolute Gasteiger partial charge is 0.382 e. The lowest BCUT2D eigenvalue weighted by Gasteiger charge is -2.33. The number of nitrogens with zero attached hydrogens (tertiary/aromatic N) is 5. The number of aromatic nitrogens is 4. The zero-order valence-corrected chi connectivity index (χ0v) is 15.7. The molecule has 0 atom stereocenters. The van der Waals surface area contributed by atoms with Crippen LogP contribution in [0.25, 0.3) is 11.0 Å². The van der Waals surface area contributed by atoms with Crippen molar-refractivity contribution in [3.05, 3.63) is 46.1 Å². The number of alkyl halides is 3. The highest BCUT2D eigenvalue weighted by Crippen LogP contribution is 2.31. The maximum atomic E-state index is 13.1. The zero-order chi connectivity index (χ0) is 20.8. The third-order valence-corrected chi connectivity index (χ3v) is 5.06. The van der Waals surface area contributed by atoms with Crippen molar-refractivity contribution in [3.8, 4) is 0 Å². The average Bonchev–Trinajstić information content (AvgIpc) is 2.99. The fraction of sp³-hybridized carbons (Fsp3) is 0.389. The number of hydrogen-bond donors (Lipinski definition) is 2. The van der Waals surface area contributed by atoms with E-state index >= 15 is 0 Å². The van der Waals surface area contributed by atoms with Crippen molar-refractivity contribution < 1.29 is 13.2 Å². The Labute approximate surface area is 163 Å². The SMILES string of the molecule is CN1CCN(c2ccc(Cn3c(=O)[nH]c4c(N)nc(C(F)(F)F)cc43)cn2)CC1. The molecule has 1 aliphatic heterocycles. The second-order valence-corrected chi connectivity index (χ2v) is 7.12. The van der Waals surface area contributed by atoms with Crippen LogP contribution in [0.4, 0.5) is 24.8 Å². The molecule has 3 aromatic heterocycles. The van der Waals surface area contributed by atoms with Gasteiger partial charge in [0.2, 0.25) is 0 Å². The maximum absolute atomic E-state index is 13.1. The van der Waals surface area contributed by atoms with Crippen molar-refractivity contribution in [2.45, 2.75) is 12.7 Å². The largest absolute Gasteiger partial charge is 0.433 e. The van der Waals surface area contributed by atoms with Crippen LogP contribution in [0.5, 0.6) is 0 Å². The number of nitrogens with two attached hydrogens (primary N) is 1. The van der Waals surface area contributed by atoms with Crippen LogP contribution >= 0.6 is 0 Å². The Hall–Kier alpha value is -3.08. The monoisotopic (exact) mass is 407 g/mol. The number of nitrogen functional groups attached to an aromatic ring is 1. The summed E-state index contributed by atoms with van der Waals surface area (Å²) >= 11 is 0. The Bertz CT molecular complexity index is 1080. The number of imidazole rings is 1. The predicted octanol–water partition coefficient (Wildman–Crippen LogP) is 1.52. The van der Waals surface area contributed by atoms with E-state index in [2.05, 4.69) is 31.8 Å². The molecule has 11 heteroatoms. The highest BCUT2D eigenvalue weighted by molar-refractivity contribution is 5.85. The van der Waals surface area contributed by atoms with Crippen molar-refractivity contribution in [2.75, 3.05) is 43.9 Å². The van der Waals surface area contributed by atoms with E-state index in [-0.39, 0.29) is 23.4 Å². The first-order valence-electron chi connectivity index (χ1n) is 9.07. The standard InChI is InChI=1S/C18H20F3N7O/c1-26-4-6-27(7-5-26)14-3-2-11(9-23-14)10-28-12-8-13(18(19,20)21)24-16(22)15(12)25-17(28)29/h2-3,8-9H,4-7,10H2,1H3,(H2,22,24)(H,25,29). The van der Waals surface area contributed by atoms with Gasteiger partial charge in [0.05, 0.1) is 12.1 Å². The number of aromatic amines is 1. The van der Waals surface area contributed by atoms with Gasteiger partial charge in [-0.2, -0.15) is 13.2 Å². The van der Waals surface area contributed by atoms with Crippen LogP contribution in [0.1, 0.15) is 11.3 Å². The fourth-order valence-electron chi connectivity index (χ4n) is 3.39. The molecule has 1 saturated heterocycles. The molecule has 4 rings (SSSR count). The van der Waals surface area contributed by atoms with Gasteiger partial charge in [-0.15, -0.1) is 0 Å². The lowest BCUT2D eigenvalue weighted by Crippen LogP contribution is -2.44. The fourth-order valence-corrected chi connectivity index (χ4v) is 3.39. The van der Waals surface area contributed by atoms with Crippen molar-refractivity contribution in [1.82, 2.24) is 24.4 Å². The summed E-state index contributed by atoms with van der Waals surface area (Å²) in [4.78, 5) is 27.0.